The number of hydrogen-bond donors (Lipinski definition) is 1. The molecular weight excluding hydrogens is 339 g/mol. The summed E-state index contributed by atoms with van der Waals surface area (Å²) in [5.41, 5.74) is 0.985. The fraction of sp³-hybridized carbons (Fsp3) is 0.562. The molecule has 5 nitrogen and oxygen atoms in total. The van der Waals surface area contributed by atoms with Gasteiger partial charge in [0, 0.05) is 25.2 Å². The minimum absolute atomic E-state index is 0. The lowest BCUT2D eigenvalue weighted by Gasteiger charge is -2.38. The molecule has 3 aliphatic rings. The normalized spacial score (nSPS) is 21.3. The fourth-order valence-electron chi connectivity index (χ4n) is 3.68. The maximum atomic E-state index is 12.7. The first-order chi connectivity index (χ1) is 10.7. The van der Waals surface area contributed by atoms with Gasteiger partial charge in [-0.1, -0.05) is 11.6 Å². The quantitative estimate of drug-likeness (QED) is 0.838. The van der Waals surface area contributed by atoms with Crippen molar-refractivity contribution in [3.63, 3.8) is 0 Å². The van der Waals surface area contributed by atoms with Crippen molar-refractivity contribution in [1.29, 1.82) is 0 Å². The monoisotopic (exact) mass is 358 g/mol. The summed E-state index contributed by atoms with van der Waals surface area (Å²) in [6, 6.07) is 3.41. The lowest BCUT2D eigenvalue weighted by molar-refractivity contribution is 0.0607. The maximum absolute atomic E-state index is 12.7. The van der Waals surface area contributed by atoms with E-state index in [-0.39, 0.29) is 25.1 Å². The fourth-order valence-corrected chi connectivity index (χ4v) is 3.95. The molecular formula is C16H20Cl2N2O3. The predicted octanol–water partition coefficient (Wildman–Crippen LogP) is 2.71. The number of piperidine rings is 1. The number of likely N-dealkylation sites (tertiary alicyclic amines) is 1. The Hall–Kier alpha value is -1.17. The third kappa shape index (κ3) is 2.97. The van der Waals surface area contributed by atoms with Crippen LogP contribution in [0.25, 0.3) is 0 Å². The summed E-state index contributed by atoms with van der Waals surface area (Å²) in [5, 5.41) is 3.88. The van der Waals surface area contributed by atoms with Gasteiger partial charge in [0.05, 0.1) is 5.02 Å². The summed E-state index contributed by atoms with van der Waals surface area (Å²) in [4.78, 5) is 14.6. The molecule has 0 radical (unpaired) electrons. The smallest absolute Gasteiger partial charge is 0.254 e. The molecule has 0 aromatic heterocycles. The standard InChI is InChI=1S/C16H19ClN2O3.ClH/c17-12-7-11(8-13-14(12)22-10-21-13)15(20)19-5-2-16(3-6-19)1-4-18-9-16;/h7-8,18H,1-6,9-10H2;1H. The van der Waals surface area contributed by atoms with Gasteiger partial charge in [0.25, 0.3) is 5.91 Å². The van der Waals surface area contributed by atoms with Crippen molar-refractivity contribution < 1.29 is 14.3 Å². The number of halogens is 2. The molecule has 1 amide bonds. The predicted molar refractivity (Wildman–Crippen MR) is 89.9 cm³/mol. The van der Waals surface area contributed by atoms with E-state index in [1.165, 1.54) is 6.42 Å². The van der Waals surface area contributed by atoms with Crippen LogP contribution in [0.5, 0.6) is 11.5 Å². The molecule has 126 valence electrons. The van der Waals surface area contributed by atoms with E-state index in [4.69, 9.17) is 21.1 Å². The summed E-state index contributed by atoms with van der Waals surface area (Å²) in [5.74, 6) is 1.12. The Kier molecular flexibility index (Phi) is 4.63. The molecule has 2 saturated heterocycles. The summed E-state index contributed by atoms with van der Waals surface area (Å²) < 4.78 is 10.6. The van der Waals surface area contributed by atoms with Crippen LogP contribution in [0.2, 0.25) is 5.02 Å². The lowest BCUT2D eigenvalue weighted by Crippen LogP contribution is -2.44. The van der Waals surface area contributed by atoms with Gasteiger partial charge in [0.2, 0.25) is 6.79 Å². The van der Waals surface area contributed by atoms with E-state index in [0.29, 0.717) is 27.5 Å². The first kappa shape index (κ1) is 16.7. The summed E-state index contributed by atoms with van der Waals surface area (Å²) >= 11 is 6.17. The van der Waals surface area contributed by atoms with Crippen LogP contribution in [0.3, 0.4) is 0 Å². The molecule has 3 heterocycles. The van der Waals surface area contributed by atoms with Crippen LogP contribution < -0.4 is 14.8 Å². The number of nitrogens with one attached hydrogen (secondary N) is 1. The van der Waals surface area contributed by atoms with Crippen LogP contribution in [-0.4, -0.2) is 43.8 Å². The van der Waals surface area contributed by atoms with Crippen molar-refractivity contribution in [1.82, 2.24) is 10.2 Å². The van der Waals surface area contributed by atoms with E-state index in [1.807, 2.05) is 4.90 Å². The maximum Gasteiger partial charge on any atom is 0.254 e. The van der Waals surface area contributed by atoms with E-state index in [2.05, 4.69) is 5.32 Å². The topological polar surface area (TPSA) is 50.8 Å². The number of carbonyl (C=O) groups excluding carboxylic acids is 1. The van der Waals surface area contributed by atoms with Crippen molar-refractivity contribution in [2.24, 2.45) is 5.41 Å². The minimum Gasteiger partial charge on any atom is -0.454 e. The van der Waals surface area contributed by atoms with Crippen LogP contribution in [0.4, 0.5) is 0 Å². The summed E-state index contributed by atoms with van der Waals surface area (Å²) in [6.45, 7) is 3.97. The highest BCUT2D eigenvalue weighted by atomic mass is 35.5. The molecule has 0 saturated carbocycles. The molecule has 0 atom stereocenters. The van der Waals surface area contributed by atoms with Gasteiger partial charge in [-0.15, -0.1) is 12.4 Å². The number of hydrogen-bond acceptors (Lipinski definition) is 4. The van der Waals surface area contributed by atoms with Gasteiger partial charge in [-0.05, 0) is 43.4 Å². The molecule has 2 fully saturated rings. The highest BCUT2D eigenvalue weighted by Gasteiger charge is 2.38. The third-order valence-corrected chi connectivity index (χ3v) is 5.40. The summed E-state index contributed by atoms with van der Waals surface area (Å²) in [6.07, 6.45) is 3.37. The van der Waals surface area contributed by atoms with Crippen LogP contribution in [0.1, 0.15) is 29.6 Å². The van der Waals surface area contributed by atoms with Crippen molar-refractivity contribution in [3.8, 4) is 11.5 Å². The van der Waals surface area contributed by atoms with Gasteiger partial charge in [0.15, 0.2) is 11.5 Å². The molecule has 3 aliphatic heterocycles. The SMILES string of the molecule is Cl.O=C(c1cc(Cl)c2c(c1)OCO2)N1CCC2(CCNC2)CC1. The van der Waals surface area contributed by atoms with E-state index in [0.717, 1.165) is 39.0 Å². The molecule has 0 bridgehead atoms. The van der Waals surface area contributed by atoms with Crippen LogP contribution >= 0.6 is 24.0 Å². The highest BCUT2D eigenvalue weighted by molar-refractivity contribution is 6.32. The third-order valence-electron chi connectivity index (χ3n) is 5.12. The van der Waals surface area contributed by atoms with Gasteiger partial charge >= 0.3 is 0 Å². The number of carbonyl (C=O) groups is 1. The van der Waals surface area contributed by atoms with Gasteiger partial charge in [-0.25, -0.2) is 0 Å². The van der Waals surface area contributed by atoms with Crippen molar-refractivity contribution in [2.75, 3.05) is 33.0 Å². The number of rotatable bonds is 1. The molecule has 0 aliphatic carbocycles. The van der Waals surface area contributed by atoms with Crippen LogP contribution in [0.15, 0.2) is 12.1 Å². The Morgan fingerprint density at radius 2 is 2.00 bits per heavy atom. The van der Waals surface area contributed by atoms with E-state index in [1.54, 1.807) is 12.1 Å². The molecule has 1 N–H and O–H groups in total. The van der Waals surface area contributed by atoms with Crippen molar-refractivity contribution in [2.45, 2.75) is 19.3 Å². The molecule has 0 unspecified atom stereocenters. The first-order valence-electron chi connectivity index (χ1n) is 7.76. The van der Waals surface area contributed by atoms with Gasteiger partial charge < -0.3 is 19.7 Å². The first-order valence-corrected chi connectivity index (χ1v) is 8.14. The van der Waals surface area contributed by atoms with Gasteiger partial charge in [0.1, 0.15) is 0 Å². The zero-order chi connectivity index (χ0) is 15.2. The van der Waals surface area contributed by atoms with Crippen LogP contribution in [-0.2, 0) is 0 Å². The van der Waals surface area contributed by atoms with Gasteiger partial charge in [-0.3, -0.25) is 4.79 Å². The van der Waals surface area contributed by atoms with Crippen molar-refractivity contribution in [3.05, 3.63) is 22.7 Å². The van der Waals surface area contributed by atoms with E-state index in [9.17, 15) is 4.79 Å². The second kappa shape index (κ2) is 6.38. The summed E-state index contributed by atoms with van der Waals surface area (Å²) in [7, 11) is 0. The molecule has 1 spiro atoms. The van der Waals surface area contributed by atoms with E-state index < -0.39 is 0 Å². The Bertz CT molecular complexity index is 608. The Morgan fingerprint density at radius 3 is 2.70 bits per heavy atom. The zero-order valence-corrected chi connectivity index (χ0v) is 14.3. The van der Waals surface area contributed by atoms with Crippen molar-refractivity contribution >= 4 is 29.9 Å². The number of nitrogens with zero attached hydrogens (tertiary/aromatic N) is 1. The molecule has 23 heavy (non-hydrogen) atoms. The second-order valence-electron chi connectivity index (χ2n) is 6.41. The second-order valence-corrected chi connectivity index (χ2v) is 6.82. The molecule has 7 heteroatoms. The lowest BCUT2D eigenvalue weighted by atomic mass is 9.78. The zero-order valence-electron chi connectivity index (χ0n) is 12.8. The number of ether oxygens (including phenoxy) is 2. The Morgan fingerprint density at radius 1 is 1.22 bits per heavy atom. The molecule has 4 rings (SSSR count). The van der Waals surface area contributed by atoms with Crippen LogP contribution in [0, 0.1) is 5.41 Å². The molecule has 1 aromatic carbocycles. The number of fused-ring (bicyclic) bond motifs is 1. The molecule has 1 aromatic rings. The number of amides is 1. The highest BCUT2D eigenvalue weighted by Crippen LogP contribution is 2.41. The average Bonchev–Trinajstić information content (AvgIpc) is 3.17. The number of benzene rings is 1. The Labute approximate surface area is 146 Å². The van der Waals surface area contributed by atoms with E-state index >= 15 is 0 Å². The van der Waals surface area contributed by atoms with Gasteiger partial charge in [-0.2, -0.15) is 0 Å². The minimum atomic E-state index is 0. The average molecular weight is 359 g/mol. The largest absolute Gasteiger partial charge is 0.454 e. The Balaban J connectivity index is 0.00000156.